The Morgan fingerprint density at radius 3 is 2.42 bits per heavy atom. The summed E-state index contributed by atoms with van der Waals surface area (Å²) in [7, 11) is 1.89. The summed E-state index contributed by atoms with van der Waals surface area (Å²) in [6.45, 7) is 0. The van der Waals surface area contributed by atoms with Crippen LogP contribution in [0, 0.1) is 0 Å². The smallest absolute Gasteiger partial charge is 0.339 e. The van der Waals surface area contributed by atoms with Crippen molar-refractivity contribution in [2.75, 3.05) is 7.05 Å². The van der Waals surface area contributed by atoms with Crippen LogP contribution in [0.5, 0.6) is 0 Å². The van der Waals surface area contributed by atoms with Crippen LogP contribution in [0.3, 0.4) is 0 Å². The van der Waals surface area contributed by atoms with Crippen molar-refractivity contribution >= 4 is 5.97 Å². The van der Waals surface area contributed by atoms with Gasteiger partial charge in [0.05, 0.1) is 11.6 Å². The minimum Gasteiger partial charge on any atom is -0.452 e. The Morgan fingerprint density at radius 1 is 1.00 bits per heavy atom. The number of esters is 1. The molecule has 0 saturated heterocycles. The lowest BCUT2D eigenvalue weighted by atomic mass is 9.90. The fourth-order valence-corrected chi connectivity index (χ4v) is 2.57. The van der Waals surface area contributed by atoms with E-state index in [0.29, 0.717) is 5.56 Å². The number of rotatable bonds is 2. The topological polar surface area (TPSA) is 38.3 Å². The van der Waals surface area contributed by atoms with Gasteiger partial charge in [0.2, 0.25) is 0 Å². The molecule has 0 aromatic heterocycles. The van der Waals surface area contributed by atoms with Gasteiger partial charge in [0.1, 0.15) is 6.10 Å². The SMILES string of the molecule is CN[C@@H]1c2ccccc2C(=O)O[C@H]1c1ccccc1. The summed E-state index contributed by atoms with van der Waals surface area (Å²) in [6.07, 6.45) is -0.284. The second-order valence-electron chi connectivity index (χ2n) is 4.59. The van der Waals surface area contributed by atoms with Gasteiger partial charge >= 0.3 is 5.97 Å². The molecule has 19 heavy (non-hydrogen) atoms. The summed E-state index contributed by atoms with van der Waals surface area (Å²) in [6, 6.07) is 17.4. The molecular formula is C16H15NO2. The van der Waals surface area contributed by atoms with E-state index in [2.05, 4.69) is 5.32 Å². The number of fused-ring (bicyclic) bond motifs is 1. The monoisotopic (exact) mass is 253 g/mol. The summed E-state index contributed by atoms with van der Waals surface area (Å²) in [5, 5.41) is 3.25. The Labute approximate surface area is 112 Å². The van der Waals surface area contributed by atoms with E-state index in [4.69, 9.17) is 4.74 Å². The molecule has 3 rings (SSSR count). The van der Waals surface area contributed by atoms with E-state index < -0.39 is 0 Å². The zero-order valence-corrected chi connectivity index (χ0v) is 10.7. The van der Waals surface area contributed by atoms with Gasteiger partial charge in [-0.15, -0.1) is 0 Å². The van der Waals surface area contributed by atoms with Crippen LogP contribution in [0.25, 0.3) is 0 Å². The predicted octanol–water partition coefficient (Wildman–Crippen LogP) is 2.86. The molecule has 1 heterocycles. The maximum Gasteiger partial charge on any atom is 0.339 e. The van der Waals surface area contributed by atoms with Crippen molar-refractivity contribution < 1.29 is 9.53 Å². The van der Waals surface area contributed by atoms with Gasteiger partial charge in [-0.25, -0.2) is 4.79 Å². The van der Waals surface area contributed by atoms with Gasteiger partial charge in [-0.1, -0.05) is 48.5 Å². The van der Waals surface area contributed by atoms with Crippen molar-refractivity contribution in [2.45, 2.75) is 12.1 Å². The van der Waals surface area contributed by atoms with Gasteiger partial charge in [-0.05, 0) is 24.2 Å². The Morgan fingerprint density at radius 2 is 1.68 bits per heavy atom. The van der Waals surface area contributed by atoms with E-state index in [1.165, 1.54) is 0 Å². The molecule has 0 fully saturated rings. The second kappa shape index (κ2) is 4.86. The summed E-state index contributed by atoms with van der Waals surface area (Å²) in [4.78, 5) is 12.1. The lowest BCUT2D eigenvalue weighted by Crippen LogP contribution is -2.33. The van der Waals surface area contributed by atoms with E-state index in [-0.39, 0.29) is 18.1 Å². The summed E-state index contributed by atoms with van der Waals surface area (Å²) in [5.74, 6) is -0.254. The lowest BCUT2D eigenvalue weighted by molar-refractivity contribution is 0.0136. The standard InChI is InChI=1S/C16H15NO2/c1-17-14-12-9-5-6-10-13(12)16(18)19-15(14)11-7-3-2-4-8-11/h2-10,14-15,17H,1H3/t14-,15+/m1/s1. The first kappa shape index (κ1) is 11.9. The fraction of sp³-hybridized carbons (Fsp3) is 0.188. The molecule has 2 aromatic carbocycles. The first-order valence-electron chi connectivity index (χ1n) is 6.33. The van der Waals surface area contributed by atoms with Crippen LogP contribution in [0.2, 0.25) is 0 Å². The number of ether oxygens (including phenoxy) is 1. The van der Waals surface area contributed by atoms with E-state index in [1.807, 2.05) is 61.6 Å². The molecule has 96 valence electrons. The number of cyclic esters (lactones) is 1. The van der Waals surface area contributed by atoms with E-state index >= 15 is 0 Å². The van der Waals surface area contributed by atoms with Crippen molar-refractivity contribution in [1.29, 1.82) is 0 Å². The molecule has 1 aliphatic heterocycles. The molecule has 1 N–H and O–H groups in total. The molecule has 1 aliphatic rings. The Bertz CT molecular complexity index is 595. The van der Waals surface area contributed by atoms with Crippen LogP contribution in [0.15, 0.2) is 54.6 Å². The third-order valence-corrected chi connectivity index (χ3v) is 3.49. The van der Waals surface area contributed by atoms with E-state index in [1.54, 1.807) is 0 Å². The fourth-order valence-electron chi connectivity index (χ4n) is 2.57. The number of hydrogen-bond acceptors (Lipinski definition) is 3. The van der Waals surface area contributed by atoms with Crippen LogP contribution in [-0.4, -0.2) is 13.0 Å². The highest BCUT2D eigenvalue weighted by Gasteiger charge is 2.35. The first-order chi connectivity index (χ1) is 9.31. The van der Waals surface area contributed by atoms with Gasteiger partial charge in [-0.2, -0.15) is 0 Å². The molecule has 3 nitrogen and oxygen atoms in total. The third-order valence-electron chi connectivity index (χ3n) is 3.49. The number of benzene rings is 2. The predicted molar refractivity (Wildman–Crippen MR) is 72.8 cm³/mol. The molecule has 2 atom stereocenters. The van der Waals surface area contributed by atoms with Crippen LogP contribution < -0.4 is 5.32 Å². The molecule has 0 radical (unpaired) electrons. The van der Waals surface area contributed by atoms with Crippen LogP contribution in [0.4, 0.5) is 0 Å². The third kappa shape index (κ3) is 2.02. The average Bonchev–Trinajstić information content (AvgIpc) is 2.48. The molecule has 0 amide bonds. The minimum atomic E-state index is -0.284. The van der Waals surface area contributed by atoms with Crippen LogP contribution in [-0.2, 0) is 4.74 Å². The molecule has 0 spiro atoms. The molecule has 3 heteroatoms. The summed E-state index contributed by atoms with van der Waals surface area (Å²) >= 11 is 0. The highest BCUT2D eigenvalue weighted by molar-refractivity contribution is 5.92. The second-order valence-corrected chi connectivity index (χ2v) is 4.59. The Balaban J connectivity index is 2.08. The van der Waals surface area contributed by atoms with Gasteiger partial charge in [0.25, 0.3) is 0 Å². The highest BCUT2D eigenvalue weighted by atomic mass is 16.5. The van der Waals surface area contributed by atoms with E-state index in [0.717, 1.165) is 11.1 Å². The summed E-state index contributed by atoms with van der Waals surface area (Å²) < 4.78 is 5.60. The normalized spacial score (nSPS) is 21.6. The van der Waals surface area contributed by atoms with Crippen LogP contribution >= 0.6 is 0 Å². The maximum absolute atomic E-state index is 12.1. The Hall–Kier alpha value is -2.13. The number of likely N-dealkylation sites (N-methyl/N-ethyl adjacent to an activating group) is 1. The average molecular weight is 253 g/mol. The van der Waals surface area contributed by atoms with Crippen LogP contribution in [0.1, 0.15) is 33.6 Å². The number of nitrogens with one attached hydrogen (secondary N) is 1. The molecule has 2 aromatic rings. The van der Waals surface area contributed by atoms with Crippen molar-refractivity contribution in [3.8, 4) is 0 Å². The lowest BCUT2D eigenvalue weighted by Gasteiger charge is -2.33. The molecule has 0 unspecified atom stereocenters. The van der Waals surface area contributed by atoms with Gasteiger partial charge in [-0.3, -0.25) is 0 Å². The largest absolute Gasteiger partial charge is 0.452 e. The number of carbonyl (C=O) groups excluding carboxylic acids is 1. The van der Waals surface area contributed by atoms with Crippen molar-refractivity contribution in [2.24, 2.45) is 0 Å². The van der Waals surface area contributed by atoms with Crippen molar-refractivity contribution in [1.82, 2.24) is 5.32 Å². The maximum atomic E-state index is 12.1. The van der Waals surface area contributed by atoms with Gasteiger partial charge in [0.15, 0.2) is 0 Å². The van der Waals surface area contributed by atoms with E-state index in [9.17, 15) is 4.79 Å². The van der Waals surface area contributed by atoms with Crippen molar-refractivity contribution in [3.63, 3.8) is 0 Å². The quantitative estimate of drug-likeness (QED) is 0.836. The zero-order valence-electron chi connectivity index (χ0n) is 10.7. The highest BCUT2D eigenvalue weighted by Crippen LogP contribution is 2.38. The summed E-state index contributed by atoms with van der Waals surface area (Å²) in [5.41, 5.74) is 2.65. The molecular weight excluding hydrogens is 238 g/mol. The minimum absolute atomic E-state index is 0.0173. The number of carbonyl (C=O) groups is 1. The molecule has 0 bridgehead atoms. The molecule has 0 saturated carbocycles. The van der Waals surface area contributed by atoms with Gasteiger partial charge in [0, 0.05) is 0 Å². The Kier molecular flexibility index (Phi) is 3.05. The van der Waals surface area contributed by atoms with Gasteiger partial charge < -0.3 is 10.1 Å². The van der Waals surface area contributed by atoms with Crippen molar-refractivity contribution in [3.05, 3.63) is 71.3 Å². The number of hydrogen-bond donors (Lipinski definition) is 1. The first-order valence-corrected chi connectivity index (χ1v) is 6.33. The zero-order chi connectivity index (χ0) is 13.2. The molecule has 0 aliphatic carbocycles.